The average Bonchev–Trinajstić information content (AvgIpc) is 3.06. The molecule has 1 N–H and O–H groups in total. The minimum atomic E-state index is -0.684. The average molecular weight is 465 g/mol. The highest BCUT2D eigenvalue weighted by Gasteiger charge is 2.46. The summed E-state index contributed by atoms with van der Waals surface area (Å²) >= 11 is 0. The normalized spacial score (nSPS) is 19.7. The number of rotatable bonds is 5. The number of hydrogen-bond acceptors (Lipinski definition) is 6. The summed E-state index contributed by atoms with van der Waals surface area (Å²) in [7, 11) is 3.83. The van der Waals surface area contributed by atoms with Gasteiger partial charge < -0.3 is 24.4 Å². The molecule has 0 spiro atoms. The minimum Gasteiger partial charge on any atom is -0.507 e. The van der Waals surface area contributed by atoms with Crippen molar-refractivity contribution in [2.75, 3.05) is 40.4 Å². The fourth-order valence-electron chi connectivity index (χ4n) is 4.28. The molecule has 0 radical (unpaired) electrons. The molecule has 34 heavy (non-hydrogen) atoms. The third-order valence-electron chi connectivity index (χ3n) is 6.24. The minimum absolute atomic E-state index is 0.0313. The van der Waals surface area contributed by atoms with Gasteiger partial charge in [0.15, 0.2) is 11.5 Å². The molecule has 1 saturated heterocycles. The number of fused-ring (bicyclic) bond motifs is 1. The fraction of sp³-hybridized carbons (Fsp3) is 0.407. The van der Waals surface area contributed by atoms with Crippen LogP contribution >= 0.6 is 0 Å². The topological polar surface area (TPSA) is 79.3 Å². The molecule has 2 aromatic carbocycles. The number of ether oxygens (including phenoxy) is 2. The number of likely N-dealkylation sites (tertiary alicyclic amines) is 1. The lowest BCUT2D eigenvalue weighted by molar-refractivity contribution is -0.140. The van der Waals surface area contributed by atoms with Crippen LogP contribution < -0.4 is 9.47 Å². The fourth-order valence-corrected chi connectivity index (χ4v) is 4.28. The first-order chi connectivity index (χ1) is 16.1. The van der Waals surface area contributed by atoms with Crippen molar-refractivity contribution in [2.45, 2.75) is 32.2 Å². The molecule has 1 amide bonds. The Labute approximate surface area is 200 Å². The van der Waals surface area contributed by atoms with Gasteiger partial charge in [-0.15, -0.1) is 0 Å². The molecule has 2 heterocycles. The molecule has 2 aromatic rings. The number of carbonyl (C=O) groups excluding carboxylic acids is 2. The highest BCUT2D eigenvalue weighted by atomic mass is 16.6. The zero-order valence-corrected chi connectivity index (χ0v) is 20.4. The second kappa shape index (κ2) is 9.14. The second-order valence-corrected chi connectivity index (χ2v) is 10.0. The van der Waals surface area contributed by atoms with E-state index in [1.165, 1.54) is 0 Å². The maximum atomic E-state index is 13.2. The van der Waals surface area contributed by atoms with Gasteiger partial charge in [-0.2, -0.15) is 0 Å². The number of amides is 1. The summed E-state index contributed by atoms with van der Waals surface area (Å²) in [4.78, 5) is 29.8. The largest absolute Gasteiger partial charge is 0.507 e. The molecule has 1 fully saturated rings. The van der Waals surface area contributed by atoms with Crippen molar-refractivity contribution < 1.29 is 24.2 Å². The molecule has 1 atom stereocenters. The van der Waals surface area contributed by atoms with E-state index in [1.807, 2.05) is 43.3 Å². The summed E-state index contributed by atoms with van der Waals surface area (Å²) in [6, 6.07) is 12.3. The van der Waals surface area contributed by atoms with Crippen LogP contribution in [0.3, 0.4) is 0 Å². The lowest BCUT2D eigenvalue weighted by atomic mass is 9.85. The Morgan fingerprint density at radius 2 is 1.68 bits per heavy atom. The molecule has 0 unspecified atom stereocenters. The molecule has 0 saturated carbocycles. The Hall–Kier alpha value is -3.32. The van der Waals surface area contributed by atoms with Gasteiger partial charge in [0, 0.05) is 18.7 Å². The first-order valence-corrected chi connectivity index (χ1v) is 11.5. The van der Waals surface area contributed by atoms with E-state index in [1.54, 1.807) is 23.1 Å². The Morgan fingerprint density at radius 3 is 2.29 bits per heavy atom. The number of Topliss-reactive ketones (excluding diaryl/α,β-unsaturated/α-hetero) is 1. The van der Waals surface area contributed by atoms with Gasteiger partial charge in [0.1, 0.15) is 19.0 Å². The van der Waals surface area contributed by atoms with Crippen LogP contribution in [0.2, 0.25) is 0 Å². The van der Waals surface area contributed by atoms with Crippen molar-refractivity contribution in [3.63, 3.8) is 0 Å². The molecular formula is C27H32N2O5. The van der Waals surface area contributed by atoms with Crippen molar-refractivity contribution in [1.82, 2.24) is 9.80 Å². The van der Waals surface area contributed by atoms with E-state index in [0.29, 0.717) is 43.4 Å². The molecular weight excluding hydrogens is 432 g/mol. The number of aliphatic hydroxyl groups excluding tert-OH is 1. The number of aliphatic hydroxyl groups is 1. The van der Waals surface area contributed by atoms with Crippen LogP contribution in [0.25, 0.3) is 5.76 Å². The van der Waals surface area contributed by atoms with E-state index in [0.717, 1.165) is 11.1 Å². The third-order valence-corrected chi connectivity index (χ3v) is 6.24. The number of carbonyl (C=O) groups is 2. The quantitative estimate of drug-likeness (QED) is 0.413. The van der Waals surface area contributed by atoms with Gasteiger partial charge in [-0.3, -0.25) is 9.59 Å². The molecule has 7 nitrogen and oxygen atoms in total. The second-order valence-electron chi connectivity index (χ2n) is 10.0. The maximum absolute atomic E-state index is 13.2. The Bertz CT molecular complexity index is 1130. The van der Waals surface area contributed by atoms with Crippen LogP contribution in [-0.4, -0.2) is 67.0 Å². The summed E-state index contributed by atoms with van der Waals surface area (Å²) in [5, 5.41) is 11.3. The zero-order valence-electron chi connectivity index (χ0n) is 20.4. The molecule has 0 aliphatic carbocycles. The van der Waals surface area contributed by atoms with Crippen LogP contribution in [0.5, 0.6) is 11.5 Å². The number of likely N-dealkylation sites (N-methyl/N-ethyl adjacent to an activating group) is 1. The monoisotopic (exact) mass is 464 g/mol. The zero-order chi connectivity index (χ0) is 24.6. The van der Waals surface area contributed by atoms with Crippen LogP contribution in [-0.2, 0) is 15.0 Å². The van der Waals surface area contributed by atoms with E-state index in [9.17, 15) is 14.7 Å². The summed E-state index contributed by atoms with van der Waals surface area (Å²) in [6.07, 6.45) is 0. The smallest absolute Gasteiger partial charge is 0.295 e. The maximum Gasteiger partial charge on any atom is 0.295 e. The highest BCUT2D eigenvalue weighted by Crippen LogP contribution is 2.41. The number of hydrogen-bond donors (Lipinski definition) is 1. The number of ketones is 1. The van der Waals surface area contributed by atoms with Gasteiger partial charge in [0.05, 0.1) is 11.6 Å². The Balaban J connectivity index is 1.81. The molecule has 0 aromatic heterocycles. The van der Waals surface area contributed by atoms with E-state index >= 15 is 0 Å². The highest BCUT2D eigenvalue weighted by molar-refractivity contribution is 6.46. The standard InChI is InChI=1S/C27H32N2O5/c1-27(2,3)19-9-6-17(7-10-19)23-22(25(31)26(32)29(23)13-12-28(4)5)24(30)18-8-11-20-21(16-18)34-15-14-33-20/h6-11,16,23,30H,12-15H2,1-5H3/b24-22+/t23-/m0/s1. The lowest BCUT2D eigenvalue weighted by Gasteiger charge is -2.27. The molecule has 0 bridgehead atoms. The summed E-state index contributed by atoms with van der Waals surface area (Å²) in [5.41, 5.74) is 2.39. The lowest BCUT2D eigenvalue weighted by Crippen LogP contribution is -2.35. The van der Waals surface area contributed by atoms with Crippen LogP contribution in [0.4, 0.5) is 0 Å². The van der Waals surface area contributed by atoms with Crippen molar-refractivity contribution in [1.29, 1.82) is 0 Å². The Kier molecular flexibility index (Phi) is 6.41. The van der Waals surface area contributed by atoms with E-state index < -0.39 is 17.7 Å². The van der Waals surface area contributed by atoms with Gasteiger partial charge in [-0.05, 0) is 48.8 Å². The first kappa shape index (κ1) is 23.8. The van der Waals surface area contributed by atoms with E-state index in [-0.39, 0.29) is 16.7 Å². The summed E-state index contributed by atoms with van der Waals surface area (Å²) in [6.45, 7) is 8.22. The van der Waals surface area contributed by atoms with Crippen LogP contribution in [0, 0.1) is 0 Å². The molecule has 7 heteroatoms. The molecule has 4 rings (SSSR count). The molecule has 2 aliphatic heterocycles. The van der Waals surface area contributed by atoms with Gasteiger partial charge in [0.2, 0.25) is 0 Å². The van der Waals surface area contributed by atoms with Gasteiger partial charge in [-0.25, -0.2) is 0 Å². The first-order valence-electron chi connectivity index (χ1n) is 11.5. The van der Waals surface area contributed by atoms with Gasteiger partial charge >= 0.3 is 0 Å². The van der Waals surface area contributed by atoms with Gasteiger partial charge in [0.25, 0.3) is 11.7 Å². The van der Waals surface area contributed by atoms with Crippen molar-refractivity contribution >= 4 is 17.4 Å². The predicted octanol–water partition coefficient (Wildman–Crippen LogP) is 3.74. The van der Waals surface area contributed by atoms with Crippen molar-refractivity contribution in [3.8, 4) is 11.5 Å². The Morgan fingerprint density at radius 1 is 1.03 bits per heavy atom. The van der Waals surface area contributed by atoms with Gasteiger partial charge in [-0.1, -0.05) is 45.0 Å². The van der Waals surface area contributed by atoms with E-state index in [2.05, 4.69) is 20.8 Å². The molecule has 2 aliphatic rings. The third kappa shape index (κ3) is 4.53. The van der Waals surface area contributed by atoms with Crippen LogP contribution in [0.1, 0.15) is 43.5 Å². The summed E-state index contributed by atoms with van der Waals surface area (Å²) in [5.74, 6) is -0.416. The van der Waals surface area contributed by atoms with Crippen LogP contribution in [0.15, 0.2) is 48.0 Å². The predicted molar refractivity (Wildman–Crippen MR) is 130 cm³/mol. The SMILES string of the molecule is CN(C)CCN1C(=O)C(=O)/C(=C(/O)c2ccc3c(c2)OCCO3)[C@@H]1c1ccc(C(C)(C)C)cc1. The van der Waals surface area contributed by atoms with Crippen molar-refractivity contribution in [3.05, 3.63) is 64.7 Å². The summed E-state index contributed by atoms with van der Waals surface area (Å²) < 4.78 is 11.2. The number of nitrogens with zero attached hydrogens (tertiary/aromatic N) is 2. The van der Waals surface area contributed by atoms with E-state index in [4.69, 9.17) is 9.47 Å². The molecule has 180 valence electrons. The number of benzene rings is 2. The van der Waals surface area contributed by atoms with Crippen molar-refractivity contribution in [2.24, 2.45) is 0 Å².